The van der Waals surface area contributed by atoms with E-state index in [4.69, 9.17) is 5.73 Å². The third kappa shape index (κ3) is 2.97. The van der Waals surface area contributed by atoms with Gasteiger partial charge < -0.3 is 10.3 Å². The van der Waals surface area contributed by atoms with Crippen LogP contribution < -0.4 is 11.3 Å². The lowest BCUT2D eigenvalue weighted by atomic mass is 9.84. The summed E-state index contributed by atoms with van der Waals surface area (Å²) in [7, 11) is 0. The van der Waals surface area contributed by atoms with Crippen LogP contribution in [-0.4, -0.2) is 10.6 Å². The fraction of sp³-hybridized carbons (Fsp3) is 0.643. The van der Waals surface area contributed by atoms with E-state index in [1.165, 1.54) is 32.1 Å². The Balaban J connectivity index is 2.07. The SMILES string of the molecule is Cc1cccc(=O)n1CC(N)C1CCCCC1. The molecule has 3 heteroatoms. The first-order chi connectivity index (χ1) is 8.18. The van der Waals surface area contributed by atoms with Crippen molar-refractivity contribution in [1.29, 1.82) is 0 Å². The van der Waals surface area contributed by atoms with Crippen LogP contribution in [0.1, 0.15) is 37.8 Å². The Labute approximate surface area is 103 Å². The minimum Gasteiger partial charge on any atom is -0.326 e. The highest BCUT2D eigenvalue weighted by atomic mass is 16.1. The number of aromatic nitrogens is 1. The summed E-state index contributed by atoms with van der Waals surface area (Å²) in [5, 5.41) is 0. The summed E-state index contributed by atoms with van der Waals surface area (Å²) in [5.41, 5.74) is 7.33. The molecule has 2 rings (SSSR count). The molecular formula is C14H22N2O. The van der Waals surface area contributed by atoms with Gasteiger partial charge in [-0.05, 0) is 31.7 Å². The normalized spacial score (nSPS) is 19.2. The maximum Gasteiger partial charge on any atom is 0.250 e. The van der Waals surface area contributed by atoms with Gasteiger partial charge in [-0.15, -0.1) is 0 Å². The Kier molecular flexibility index (Phi) is 4.00. The number of rotatable bonds is 3. The summed E-state index contributed by atoms with van der Waals surface area (Å²) < 4.78 is 1.80. The summed E-state index contributed by atoms with van der Waals surface area (Å²) in [6, 6.07) is 5.50. The van der Waals surface area contributed by atoms with Crippen LogP contribution in [0.25, 0.3) is 0 Å². The molecule has 0 bridgehead atoms. The molecule has 94 valence electrons. The van der Waals surface area contributed by atoms with Crippen molar-refractivity contribution in [3.63, 3.8) is 0 Å². The molecule has 1 unspecified atom stereocenters. The number of hydrogen-bond acceptors (Lipinski definition) is 2. The average Bonchev–Trinajstić information content (AvgIpc) is 2.35. The second-order valence-corrected chi connectivity index (χ2v) is 5.18. The van der Waals surface area contributed by atoms with E-state index in [-0.39, 0.29) is 11.6 Å². The van der Waals surface area contributed by atoms with Crippen molar-refractivity contribution < 1.29 is 0 Å². The van der Waals surface area contributed by atoms with Crippen molar-refractivity contribution in [3.8, 4) is 0 Å². The van der Waals surface area contributed by atoms with E-state index in [0.717, 1.165) is 5.69 Å². The second-order valence-electron chi connectivity index (χ2n) is 5.18. The summed E-state index contributed by atoms with van der Waals surface area (Å²) in [4.78, 5) is 11.8. The molecule has 0 amide bonds. The summed E-state index contributed by atoms with van der Waals surface area (Å²) >= 11 is 0. The molecule has 3 nitrogen and oxygen atoms in total. The predicted octanol–water partition coefficient (Wildman–Crippen LogP) is 2.06. The monoisotopic (exact) mass is 234 g/mol. The minimum atomic E-state index is 0.0660. The maximum absolute atomic E-state index is 11.8. The maximum atomic E-state index is 11.8. The molecule has 1 saturated carbocycles. The summed E-state index contributed by atoms with van der Waals surface area (Å²) in [5.74, 6) is 0.593. The lowest BCUT2D eigenvalue weighted by molar-refractivity contribution is 0.282. The largest absolute Gasteiger partial charge is 0.326 e. The van der Waals surface area contributed by atoms with Crippen LogP contribution >= 0.6 is 0 Å². The molecule has 1 aliphatic carbocycles. The van der Waals surface area contributed by atoms with Crippen molar-refractivity contribution in [2.45, 2.75) is 51.6 Å². The molecule has 1 aromatic heterocycles. The lowest BCUT2D eigenvalue weighted by Crippen LogP contribution is -2.39. The van der Waals surface area contributed by atoms with Gasteiger partial charge in [-0.1, -0.05) is 25.3 Å². The molecule has 0 aromatic carbocycles. The molecule has 0 spiro atoms. The van der Waals surface area contributed by atoms with Crippen LogP contribution in [0, 0.1) is 12.8 Å². The quantitative estimate of drug-likeness (QED) is 0.870. The van der Waals surface area contributed by atoms with Gasteiger partial charge in [0.15, 0.2) is 0 Å². The van der Waals surface area contributed by atoms with Crippen LogP contribution in [0.2, 0.25) is 0 Å². The van der Waals surface area contributed by atoms with E-state index in [1.54, 1.807) is 16.7 Å². The van der Waals surface area contributed by atoms with Crippen molar-refractivity contribution in [3.05, 3.63) is 34.2 Å². The molecule has 1 heterocycles. The molecule has 2 N–H and O–H groups in total. The second kappa shape index (κ2) is 5.50. The molecule has 1 atom stereocenters. The van der Waals surface area contributed by atoms with Crippen molar-refractivity contribution in [1.82, 2.24) is 4.57 Å². The van der Waals surface area contributed by atoms with Crippen molar-refractivity contribution in [2.24, 2.45) is 11.7 Å². The Bertz CT molecular complexity index is 418. The Morgan fingerprint density at radius 1 is 1.35 bits per heavy atom. The van der Waals surface area contributed by atoms with Gasteiger partial charge in [-0.3, -0.25) is 4.79 Å². The number of pyridine rings is 1. The molecule has 0 saturated heterocycles. The zero-order valence-corrected chi connectivity index (χ0v) is 10.6. The standard InChI is InChI=1S/C14H22N2O/c1-11-6-5-9-14(17)16(11)10-13(15)12-7-3-2-4-8-12/h5-6,9,12-13H,2-4,7-8,10,15H2,1H3. The van der Waals surface area contributed by atoms with Gasteiger partial charge in [0, 0.05) is 24.3 Å². The van der Waals surface area contributed by atoms with Crippen LogP contribution in [0.4, 0.5) is 0 Å². The van der Waals surface area contributed by atoms with Gasteiger partial charge in [-0.2, -0.15) is 0 Å². The van der Waals surface area contributed by atoms with Gasteiger partial charge in [0.25, 0.3) is 5.56 Å². The zero-order valence-electron chi connectivity index (χ0n) is 10.6. The third-order valence-electron chi connectivity index (χ3n) is 3.92. The molecule has 1 fully saturated rings. The number of aryl methyl sites for hydroxylation is 1. The first-order valence-electron chi connectivity index (χ1n) is 6.60. The smallest absolute Gasteiger partial charge is 0.250 e. The Hall–Kier alpha value is -1.09. The van der Waals surface area contributed by atoms with Gasteiger partial charge in [0.05, 0.1) is 0 Å². The van der Waals surface area contributed by atoms with E-state index in [2.05, 4.69) is 0 Å². The zero-order chi connectivity index (χ0) is 12.3. The Morgan fingerprint density at radius 2 is 2.06 bits per heavy atom. The van der Waals surface area contributed by atoms with Crippen molar-refractivity contribution in [2.75, 3.05) is 0 Å². The molecule has 0 aliphatic heterocycles. The average molecular weight is 234 g/mol. The van der Waals surface area contributed by atoms with Crippen molar-refractivity contribution >= 4 is 0 Å². The predicted molar refractivity (Wildman–Crippen MR) is 70.0 cm³/mol. The van der Waals surface area contributed by atoms with Crippen LogP contribution in [0.15, 0.2) is 23.0 Å². The number of nitrogens with zero attached hydrogens (tertiary/aromatic N) is 1. The van der Waals surface area contributed by atoms with E-state index < -0.39 is 0 Å². The topological polar surface area (TPSA) is 48.0 Å². The number of hydrogen-bond donors (Lipinski definition) is 1. The lowest BCUT2D eigenvalue weighted by Gasteiger charge is -2.28. The third-order valence-corrected chi connectivity index (χ3v) is 3.92. The molecule has 17 heavy (non-hydrogen) atoms. The highest BCUT2D eigenvalue weighted by Gasteiger charge is 2.21. The summed E-state index contributed by atoms with van der Waals surface area (Å²) in [6.45, 7) is 2.63. The first-order valence-corrected chi connectivity index (χ1v) is 6.60. The molecule has 1 aliphatic rings. The fourth-order valence-corrected chi connectivity index (χ4v) is 2.78. The summed E-state index contributed by atoms with van der Waals surface area (Å²) in [6.07, 6.45) is 6.37. The highest BCUT2D eigenvalue weighted by molar-refractivity contribution is 5.04. The first kappa shape index (κ1) is 12.4. The van der Waals surface area contributed by atoms with Gasteiger partial charge in [0.1, 0.15) is 0 Å². The minimum absolute atomic E-state index is 0.0660. The van der Waals surface area contributed by atoms with Gasteiger partial charge in [-0.25, -0.2) is 0 Å². The fourth-order valence-electron chi connectivity index (χ4n) is 2.78. The molecular weight excluding hydrogens is 212 g/mol. The van der Waals surface area contributed by atoms with Crippen LogP contribution in [0.5, 0.6) is 0 Å². The molecule has 1 aromatic rings. The highest BCUT2D eigenvalue weighted by Crippen LogP contribution is 2.26. The van der Waals surface area contributed by atoms with E-state index in [0.29, 0.717) is 12.5 Å². The Morgan fingerprint density at radius 3 is 2.71 bits per heavy atom. The van der Waals surface area contributed by atoms with Gasteiger partial charge >= 0.3 is 0 Å². The van der Waals surface area contributed by atoms with E-state index >= 15 is 0 Å². The van der Waals surface area contributed by atoms with Crippen LogP contribution in [-0.2, 0) is 6.54 Å². The number of nitrogens with two attached hydrogens (primary N) is 1. The van der Waals surface area contributed by atoms with E-state index in [1.807, 2.05) is 13.0 Å². The van der Waals surface area contributed by atoms with Crippen LogP contribution in [0.3, 0.4) is 0 Å². The molecule has 0 radical (unpaired) electrons. The van der Waals surface area contributed by atoms with E-state index in [9.17, 15) is 4.79 Å². The van der Waals surface area contributed by atoms with Gasteiger partial charge in [0.2, 0.25) is 0 Å².